The van der Waals surface area contributed by atoms with Crippen LogP contribution in [0.1, 0.15) is 44.5 Å². The van der Waals surface area contributed by atoms with Crippen LogP contribution in [0.4, 0.5) is 34.1 Å². The van der Waals surface area contributed by atoms with Gasteiger partial charge in [0.2, 0.25) is 0 Å². The molecule has 0 fully saturated rings. The molecule has 0 amide bonds. The summed E-state index contributed by atoms with van der Waals surface area (Å²) in [4.78, 5) is 4.68. The largest absolute Gasteiger partial charge is 0.311 e. The van der Waals surface area contributed by atoms with Crippen LogP contribution >= 0.6 is 0 Å². The second kappa shape index (κ2) is 17.4. The molecule has 0 N–H and O–H groups in total. The lowest BCUT2D eigenvalue weighted by Gasteiger charge is -2.48. The number of benzene rings is 12. The van der Waals surface area contributed by atoms with Crippen LogP contribution in [0.25, 0.3) is 44.5 Å². The Morgan fingerprint density at radius 3 is 0.816 bits per heavy atom. The van der Waals surface area contributed by atoms with Gasteiger partial charge in [-0.15, -0.1) is 0 Å². The molecule has 2 heteroatoms. The quantitative estimate of drug-likeness (QED) is 0.150. The van der Waals surface area contributed by atoms with Gasteiger partial charge in [0.05, 0.1) is 10.8 Å². The van der Waals surface area contributed by atoms with Crippen LogP contribution < -0.4 is 9.80 Å². The van der Waals surface area contributed by atoms with Crippen molar-refractivity contribution in [3.63, 3.8) is 0 Å². The van der Waals surface area contributed by atoms with E-state index >= 15 is 0 Å². The second-order valence-electron chi connectivity index (χ2n) is 20.3. The molecule has 76 heavy (non-hydrogen) atoms. The van der Waals surface area contributed by atoms with Crippen LogP contribution in [0, 0.1) is 0 Å². The molecule has 2 spiro atoms. The molecule has 0 radical (unpaired) electrons. The van der Waals surface area contributed by atoms with Crippen LogP contribution in [0.15, 0.2) is 303 Å². The van der Waals surface area contributed by atoms with Crippen molar-refractivity contribution in [2.75, 3.05) is 9.80 Å². The Bertz CT molecular complexity index is 4050. The van der Waals surface area contributed by atoms with E-state index < -0.39 is 10.8 Å². The van der Waals surface area contributed by atoms with Crippen molar-refractivity contribution in [3.8, 4) is 44.5 Å². The van der Waals surface area contributed by atoms with Crippen molar-refractivity contribution in [3.05, 3.63) is 348 Å². The first-order valence-corrected chi connectivity index (χ1v) is 26.4. The highest BCUT2D eigenvalue weighted by molar-refractivity contribution is 5.95. The topological polar surface area (TPSA) is 6.48 Å². The van der Waals surface area contributed by atoms with Crippen molar-refractivity contribution in [1.82, 2.24) is 0 Å². The molecule has 0 unspecified atom stereocenters. The van der Waals surface area contributed by atoms with Crippen LogP contribution in [-0.4, -0.2) is 0 Å². The summed E-state index contributed by atoms with van der Waals surface area (Å²) in [6.07, 6.45) is 0. The Hall–Kier alpha value is -9.76. The maximum Gasteiger partial charge on any atom is 0.0720 e. The smallest absolute Gasteiger partial charge is 0.0720 e. The van der Waals surface area contributed by atoms with E-state index in [2.05, 4.69) is 313 Å². The molecule has 0 aliphatic heterocycles. The zero-order chi connectivity index (χ0) is 50.2. The third-order valence-electron chi connectivity index (χ3n) is 16.6. The summed E-state index contributed by atoms with van der Waals surface area (Å²) in [7, 11) is 0. The Labute approximate surface area is 444 Å². The van der Waals surface area contributed by atoms with Gasteiger partial charge in [-0.1, -0.05) is 224 Å². The van der Waals surface area contributed by atoms with Crippen molar-refractivity contribution in [1.29, 1.82) is 0 Å². The Kier molecular flexibility index (Phi) is 10.0. The highest BCUT2D eigenvalue weighted by Crippen LogP contribution is 2.67. The van der Waals surface area contributed by atoms with Crippen molar-refractivity contribution < 1.29 is 0 Å². The summed E-state index contributed by atoms with van der Waals surface area (Å²) in [6.45, 7) is 0. The number of anilines is 6. The lowest BCUT2D eigenvalue weighted by molar-refractivity contribution is 0.633. The van der Waals surface area contributed by atoms with E-state index in [-0.39, 0.29) is 0 Å². The van der Waals surface area contributed by atoms with Gasteiger partial charge in [-0.05, 0) is 168 Å². The molecule has 12 aromatic carbocycles. The fourth-order valence-electron chi connectivity index (χ4n) is 13.5. The zero-order valence-electron chi connectivity index (χ0n) is 41.8. The predicted octanol–water partition coefficient (Wildman–Crippen LogP) is 19.0. The first-order valence-electron chi connectivity index (χ1n) is 26.4. The molecule has 3 aliphatic carbocycles. The van der Waals surface area contributed by atoms with Crippen LogP contribution in [0.2, 0.25) is 0 Å². The van der Waals surface area contributed by atoms with Crippen LogP contribution in [0.3, 0.4) is 0 Å². The number of hydrogen-bond acceptors (Lipinski definition) is 2. The molecular formula is C74H50N2. The number of hydrogen-bond donors (Lipinski definition) is 0. The third-order valence-corrected chi connectivity index (χ3v) is 16.6. The van der Waals surface area contributed by atoms with E-state index in [0.29, 0.717) is 0 Å². The lowest BCUT2D eigenvalue weighted by atomic mass is 9.52. The monoisotopic (exact) mass is 966 g/mol. The van der Waals surface area contributed by atoms with Crippen molar-refractivity contribution in [2.24, 2.45) is 0 Å². The van der Waals surface area contributed by atoms with Gasteiger partial charge in [-0.3, -0.25) is 0 Å². The molecule has 0 saturated carbocycles. The predicted molar refractivity (Wildman–Crippen MR) is 315 cm³/mol. The van der Waals surface area contributed by atoms with Crippen LogP contribution in [-0.2, 0) is 10.8 Å². The maximum atomic E-state index is 2.51. The molecule has 2 nitrogen and oxygen atoms in total. The van der Waals surface area contributed by atoms with E-state index in [4.69, 9.17) is 0 Å². The molecule has 12 aromatic rings. The summed E-state index contributed by atoms with van der Waals surface area (Å²) in [5.41, 5.74) is 26.2. The molecule has 0 saturated heterocycles. The third kappa shape index (κ3) is 6.41. The molecule has 3 aliphatic rings. The average Bonchev–Trinajstić information content (AvgIpc) is 4.11. The number of fused-ring (bicyclic) bond motifs is 16. The normalized spacial score (nSPS) is 13.5. The average molecular weight is 967 g/mol. The SMILES string of the molecule is c1ccc(-c2ccc(N(c3ccccc3)c3ccc(N(c4ccccc4)c4ccc(-c5ccc6c(c5)C5(c7ccccc7-6)c6ccccc6C6(c7ccccc7-c7ccccc76)c6ccccc65)cc4)cc3)cc2)cc1. The zero-order valence-corrected chi connectivity index (χ0v) is 41.8. The van der Waals surface area contributed by atoms with Gasteiger partial charge in [-0.2, -0.15) is 0 Å². The van der Waals surface area contributed by atoms with E-state index in [1.165, 1.54) is 89.0 Å². The Balaban J connectivity index is 0.831. The summed E-state index contributed by atoms with van der Waals surface area (Å²) >= 11 is 0. The van der Waals surface area contributed by atoms with E-state index in [1.54, 1.807) is 0 Å². The van der Waals surface area contributed by atoms with Crippen molar-refractivity contribution in [2.45, 2.75) is 10.8 Å². The molecule has 356 valence electrons. The van der Waals surface area contributed by atoms with E-state index in [9.17, 15) is 0 Å². The first kappa shape index (κ1) is 43.8. The molecule has 15 rings (SSSR count). The Morgan fingerprint density at radius 2 is 0.421 bits per heavy atom. The molecule has 0 aromatic heterocycles. The van der Waals surface area contributed by atoms with Crippen molar-refractivity contribution >= 4 is 34.1 Å². The van der Waals surface area contributed by atoms with Gasteiger partial charge in [-0.25, -0.2) is 0 Å². The van der Waals surface area contributed by atoms with Gasteiger partial charge < -0.3 is 9.80 Å². The second-order valence-corrected chi connectivity index (χ2v) is 20.3. The van der Waals surface area contributed by atoms with Gasteiger partial charge in [0.25, 0.3) is 0 Å². The van der Waals surface area contributed by atoms with E-state index in [0.717, 1.165) is 34.1 Å². The molecule has 0 heterocycles. The lowest BCUT2D eigenvalue weighted by Crippen LogP contribution is -2.43. The fourth-order valence-corrected chi connectivity index (χ4v) is 13.5. The summed E-state index contributed by atoms with van der Waals surface area (Å²) in [6, 6.07) is 112. The fraction of sp³-hybridized carbons (Fsp3) is 0.0270. The number of rotatable bonds is 8. The van der Waals surface area contributed by atoms with Gasteiger partial charge in [0, 0.05) is 34.1 Å². The van der Waals surface area contributed by atoms with Gasteiger partial charge >= 0.3 is 0 Å². The summed E-state index contributed by atoms with van der Waals surface area (Å²) in [5, 5.41) is 0. The summed E-state index contributed by atoms with van der Waals surface area (Å²) < 4.78 is 0. The molecular weight excluding hydrogens is 917 g/mol. The summed E-state index contributed by atoms with van der Waals surface area (Å²) in [5.74, 6) is 0. The minimum absolute atomic E-state index is 0.474. The van der Waals surface area contributed by atoms with Crippen LogP contribution in [0.5, 0.6) is 0 Å². The minimum atomic E-state index is -0.551. The van der Waals surface area contributed by atoms with Gasteiger partial charge in [0.15, 0.2) is 0 Å². The van der Waals surface area contributed by atoms with Gasteiger partial charge in [0.1, 0.15) is 0 Å². The first-order chi connectivity index (χ1) is 37.7. The minimum Gasteiger partial charge on any atom is -0.311 e. The highest BCUT2D eigenvalue weighted by atomic mass is 15.2. The van der Waals surface area contributed by atoms with E-state index in [1.807, 2.05) is 0 Å². The number of para-hydroxylation sites is 2. The maximum absolute atomic E-state index is 2.51. The molecule has 0 atom stereocenters. The number of nitrogens with zero attached hydrogens (tertiary/aromatic N) is 2. The highest BCUT2D eigenvalue weighted by Gasteiger charge is 2.58. The molecule has 0 bridgehead atoms. The Morgan fingerprint density at radius 1 is 0.171 bits per heavy atom. The standard InChI is InChI=1S/C74H50N2/c1-4-20-51(21-5-1)52-36-41-57(42-37-52)75(55-22-6-2-7-23-55)59-45-47-60(48-46-59)76(56-24-8-3-9-25-56)58-43-38-53(39-44-58)54-40-49-64-63-28-12-15-31-67(63)74(72(64)50-54)70-34-18-16-32-68(70)73(69-33-17-19-35-71(69)74)65-29-13-10-26-61(65)62-27-11-14-30-66(62)73/h1-50H.